The predicted molar refractivity (Wildman–Crippen MR) is 79.5 cm³/mol. The molecular formula is C17H20N2O. The van der Waals surface area contributed by atoms with E-state index in [-0.39, 0.29) is 11.2 Å². The predicted octanol–water partition coefficient (Wildman–Crippen LogP) is 3.64. The molecule has 2 aromatic rings. The third-order valence-corrected chi connectivity index (χ3v) is 3.91. The van der Waals surface area contributed by atoms with Gasteiger partial charge >= 0.3 is 0 Å². The van der Waals surface area contributed by atoms with Crippen molar-refractivity contribution in [3.05, 3.63) is 46.9 Å². The smallest absolute Gasteiger partial charge is 0.165 e. The summed E-state index contributed by atoms with van der Waals surface area (Å²) in [4.78, 5) is 16.9. The summed E-state index contributed by atoms with van der Waals surface area (Å²) in [5.41, 5.74) is 4.19. The molecule has 0 radical (unpaired) electrons. The Morgan fingerprint density at radius 1 is 1.20 bits per heavy atom. The van der Waals surface area contributed by atoms with Gasteiger partial charge in [-0.3, -0.25) is 4.79 Å². The molecule has 1 aliphatic carbocycles. The summed E-state index contributed by atoms with van der Waals surface area (Å²) in [6, 6.07) is 6.07. The van der Waals surface area contributed by atoms with Crippen LogP contribution in [0, 0.1) is 19.3 Å². The maximum absolute atomic E-state index is 12.2. The Balaban J connectivity index is 2.15. The molecule has 0 N–H and O–H groups in total. The highest BCUT2D eigenvalue weighted by Gasteiger charge is 2.33. The molecule has 0 fully saturated rings. The zero-order valence-electron chi connectivity index (χ0n) is 12.5. The summed E-state index contributed by atoms with van der Waals surface area (Å²) < 4.78 is 2.08. The van der Waals surface area contributed by atoms with Crippen molar-refractivity contribution in [2.45, 2.75) is 40.5 Å². The SMILES string of the molecule is Cc1cc(C)nc(-n2ccc3c2CC(C)(C)CC3=O)c1. The second-order valence-corrected chi connectivity index (χ2v) is 6.63. The number of aryl methyl sites for hydroxylation is 2. The monoisotopic (exact) mass is 268 g/mol. The van der Waals surface area contributed by atoms with E-state index < -0.39 is 0 Å². The molecule has 3 heteroatoms. The third kappa shape index (κ3) is 2.17. The van der Waals surface area contributed by atoms with Crippen LogP contribution in [0.5, 0.6) is 0 Å². The van der Waals surface area contributed by atoms with Gasteiger partial charge in [0.1, 0.15) is 5.82 Å². The maximum Gasteiger partial charge on any atom is 0.165 e. The van der Waals surface area contributed by atoms with Gasteiger partial charge in [-0.15, -0.1) is 0 Å². The van der Waals surface area contributed by atoms with E-state index in [0.29, 0.717) is 6.42 Å². The first-order valence-corrected chi connectivity index (χ1v) is 7.05. The Morgan fingerprint density at radius 2 is 1.95 bits per heavy atom. The highest BCUT2D eigenvalue weighted by molar-refractivity contribution is 5.99. The number of Topliss-reactive ketones (excluding diaryl/α,β-unsaturated/α-hetero) is 1. The van der Waals surface area contributed by atoms with Crippen molar-refractivity contribution in [1.29, 1.82) is 0 Å². The second kappa shape index (κ2) is 4.30. The van der Waals surface area contributed by atoms with Crippen LogP contribution in [0.25, 0.3) is 5.82 Å². The lowest BCUT2D eigenvalue weighted by Gasteiger charge is -2.29. The van der Waals surface area contributed by atoms with Crippen molar-refractivity contribution in [1.82, 2.24) is 9.55 Å². The van der Waals surface area contributed by atoms with Crippen LogP contribution in [0.1, 0.15) is 47.6 Å². The van der Waals surface area contributed by atoms with Gasteiger partial charge in [0.05, 0.1) is 0 Å². The molecule has 3 nitrogen and oxygen atoms in total. The Morgan fingerprint density at radius 3 is 2.65 bits per heavy atom. The number of aromatic nitrogens is 2. The van der Waals surface area contributed by atoms with Crippen molar-refractivity contribution in [2.75, 3.05) is 0 Å². The Labute approximate surface area is 119 Å². The molecule has 3 rings (SSSR count). The quantitative estimate of drug-likeness (QED) is 0.791. The van der Waals surface area contributed by atoms with E-state index in [1.54, 1.807) is 0 Å². The van der Waals surface area contributed by atoms with Gasteiger partial charge in [-0.2, -0.15) is 0 Å². The van der Waals surface area contributed by atoms with E-state index in [9.17, 15) is 4.79 Å². The molecule has 0 unspecified atom stereocenters. The molecule has 0 saturated heterocycles. The normalized spacial score (nSPS) is 17.1. The van der Waals surface area contributed by atoms with Gasteiger partial charge in [-0.1, -0.05) is 13.8 Å². The van der Waals surface area contributed by atoms with Crippen LogP contribution in [-0.4, -0.2) is 15.3 Å². The van der Waals surface area contributed by atoms with Gasteiger partial charge in [0.2, 0.25) is 0 Å². The molecule has 2 aromatic heterocycles. The van der Waals surface area contributed by atoms with Crippen molar-refractivity contribution in [3.63, 3.8) is 0 Å². The number of rotatable bonds is 1. The van der Waals surface area contributed by atoms with Crippen LogP contribution in [0.3, 0.4) is 0 Å². The van der Waals surface area contributed by atoms with E-state index in [0.717, 1.165) is 29.2 Å². The van der Waals surface area contributed by atoms with Crippen molar-refractivity contribution in [3.8, 4) is 5.82 Å². The first-order chi connectivity index (χ1) is 9.35. The van der Waals surface area contributed by atoms with E-state index in [4.69, 9.17) is 0 Å². The fraction of sp³-hybridized carbons (Fsp3) is 0.412. The first-order valence-electron chi connectivity index (χ1n) is 7.05. The van der Waals surface area contributed by atoms with E-state index in [1.165, 1.54) is 5.56 Å². The van der Waals surface area contributed by atoms with Crippen LogP contribution in [0.15, 0.2) is 24.4 Å². The lowest BCUT2D eigenvalue weighted by molar-refractivity contribution is 0.0911. The summed E-state index contributed by atoms with van der Waals surface area (Å²) in [5.74, 6) is 1.16. The topological polar surface area (TPSA) is 34.9 Å². The Hall–Kier alpha value is -1.90. The van der Waals surface area contributed by atoms with E-state index >= 15 is 0 Å². The third-order valence-electron chi connectivity index (χ3n) is 3.91. The summed E-state index contributed by atoms with van der Waals surface area (Å²) in [6.07, 6.45) is 3.52. The van der Waals surface area contributed by atoms with Gasteiger partial charge < -0.3 is 4.57 Å². The second-order valence-electron chi connectivity index (χ2n) is 6.63. The van der Waals surface area contributed by atoms with Crippen LogP contribution >= 0.6 is 0 Å². The molecule has 104 valence electrons. The summed E-state index contributed by atoms with van der Waals surface area (Å²) >= 11 is 0. The molecule has 0 atom stereocenters. The number of pyridine rings is 1. The van der Waals surface area contributed by atoms with E-state index in [2.05, 4.69) is 42.5 Å². The van der Waals surface area contributed by atoms with Gasteiger partial charge in [0, 0.05) is 29.6 Å². The minimum atomic E-state index is 0.0268. The lowest BCUT2D eigenvalue weighted by atomic mass is 9.76. The number of fused-ring (bicyclic) bond motifs is 1. The Kier molecular flexibility index (Phi) is 2.82. The molecule has 2 heterocycles. The molecular weight excluding hydrogens is 248 g/mol. The van der Waals surface area contributed by atoms with Gasteiger partial charge in [-0.25, -0.2) is 4.98 Å². The minimum absolute atomic E-state index is 0.0268. The molecule has 1 aliphatic rings. The highest BCUT2D eigenvalue weighted by atomic mass is 16.1. The number of hydrogen-bond donors (Lipinski definition) is 0. The van der Waals surface area contributed by atoms with Crippen LogP contribution in [-0.2, 0) is 6.42 Å². The minimum Gasteiger partial charge on any atom is -0.305 e. The van der Waals surface area contributed by atoms with E-state index in [1.807, 2.05) is 19.2 Å². The number of hydrogen-bond acceptors (Lipinski definition) is 2. The number of carbonyl (C=O) groups excluding carboxylic acids is 1. The zero-order valence-corrected chi connectivity index (χ0v) is 12.5. The summed E-state index contributed by atoms with van der Waals surface area (Å²) in [6.45, 7) is 8.38. The van der Waals surface area contributed by atoms with Crippen molar-refractivity contribution < 1.29 is 4.79 Å². The zero-order chi connectivity index (χ0) is 14.5. The lowest BCUT2D eigenvalue weighted by Crippen LogP contribution is -2.27. The van der Waals surface area contributed by atoms with Crippen molar-refractivity contribution in [2.24, 2.45) is 5.41 Å². The van der Waals surface area contributed by atoms with Gasteiger partial charge in [0.15, 0.2) is 5.78 Å². The molecule has 0 amide bonds. The largest absolute Gasteiger partial charge is 0.305 e. The fourth-order valence-corrected chi connectivity index (χ4v) is 3.10. The highest BCUT2D eigenvalue weighted by Crippen LogP contribution is 2.36. The Bertz CT molecular complexity index is 675. The fourth-order valence-electron chi connectivity index (χ4n) is 3.10. The molecule has 0 aromatic carbocycles. The molecule has 0 aliphatic heterocycles. The average Bonchev–Trinajstić information content (AvgIpc) is 2.69. The van der Waals surface area contributed by atoms with Crippen LogP contribution < -0.4 is 0 Å². The number of carbonyl (C=O) groups is 1. The summed E-state index contributed by atoms with van der Waals surface area (Å²) in [7, 11) is 0. The maximum atomic E-state index is 12.2. The first kappa shape index (κ1) is 13.1. The molecule has 20 heavy (non-hydrogen) atoms. The van der Waals surface area contributed by atoms with Crippen LogP contribution in [0.4, 0.5) is 0 Å². The average molecular weight is 268 g/mol. The molecule has 0 spiro atoms. The number of ketones is 1. The van der Waals surface area contributed by atoms with Crippen LogP contribution in [0.2, 0.25) is 0 Å². The van der Waals surface area contributed by atoms with Gasteiger partial charge in [-0.05, 0) is 49.4 Å². The molecule has 0 saturated carbocycles. The number of nitrogens with zero attached hydrogens (tertiary/aromatic N) is 2. The summed E-state index contributed by atoms with van der Waals surface area (Å²) in [5, 5.41) is 0. The van der Waals surface area contributed by atoms with Gasteiger partial charge in [0.25, 0.3) is 0 Å². The molecule has 0 bridgehead atoms. The van der Waals surface area contributed by atoms with Crippen molar-refractivity contribution >= 4 is 5.78 Å². The standard InChI is InChI=1S/C17H20N2O/c1-11-7-12(2)18-16(8-11)19-6-5-13-14(19)9-17(3,4)10-15(13)20/h5-8H,9-10H2,1-4H3.